The molecule has 17 heavy (non-hydrogen) atoms. The van der Waals surface area contributed by atoms with E-state index >= 15 is 0 Å². The average Bonchev–Trinajstić information content (AvgIpc) is 2.28. The Labute approximate surface area is 106 Å². The normalized spacial score (nSPS) is 11.8. The first-order chi connectivity index (χ1) is 7.99. The lowest BCUT2D eigenvalue weighted by Crippen LogP contribution is -2.12. The van der Waals surface area contributed by atoms with Crippen LogP contribution in [0.4, 0.5) is 0 Å². The first-order valence-electron chi connectivity index (χ1n) is 6.81. The van der Waals surface area contributed by atoms with Gasteiger partial charge in [-0.1, -0.05) is 45.9 Å². The molecule has 1 aromatic carbocycles. The second kappa shape index (κ2) is 6.20. The second-order valence-electron chi connectivity index (χ2n) is 5.83. The third-order valence-electron chi connectivity index (χ3n) is 3.35. The number of nitrogens with two attached hydrogens (primary N) is 1. The van der Waals surface area contributed by atoms with Gasteiger partial charge in [-0.2, -0.15) is 0 Å². The minimum atomic E-state index is 0.245. The van der Waals surface area contributed by atoms with Gasteiger partial charge in [-0.3, -0.25) is 0 Å². The third kappa shape index (κ3) is 4.16. The molecule has 1 nitrogen and oxygen atoms in total. The Morgan fingerprint density at radius 3 is 2.29 bits per heavy atom. The standard InChI is InChI=1S/C16H27N/c1-5-13-9-10-15(16(2,3)4)12-14(13)8-6-7-11-17/h9-10,12H,5-8,11,17H2,1-4H3. The molecule has 0 atom stereocenters. The van der Waals surface area contributed by atoms with E-state index < -0.39 is 0 Å². The van der Waals surface area contributed by atoms with Crippen molar-refractivity contribution in [3.8, 4) is 0 Å². The van der Waals surface area contributed by atoms with Crippen molar-refractivity contribution in [2.75, 3.05) is 6.54 Å². The third-order valence-corrected chi connectivity index (χ3v) is 3.35. The predicted molar refractivity (Wildman–Crippen MR) is 76.5 cm³/mol. The van der Waals surface area contributed by atoms with Crippen molar-refractivity contribution in [3.05, 3.63) is 34.9 Å². The lowest BCUT2D eigenvalue weighted by molar-refractivity contribution is 0.588. The molecule has 0 bridgehead atoms. The Morgan fingerprint density at radius 1 is 1.06 bits per heavy atom. The summed E-state index contributed by atoms with van der Waals surface area (Å²) in [6.07, 6.45) is 4.63. The average molecular weight is 233 g/mol. The van der Waals surface area contributed by atoms with Gasteiger partial charge in [0.25, 0.3) is 0 Å². The molecule has 0 fully saturated rings. The number of aryl methyl sites for hydroxylation is 2. The zero-order chi connectivity index (χ0) is 12.9. The number of unbranched alkanes of at least 4 members (excludes halogenated alkanes) is 1. The lowest BCUT2D eigenvalue weighted by atomic mass is 9.84. The Kier molecular flexibility index (Phi) is 5.20. The van der Waals surface area contributed by atoms with Gasteiger partial charge in [-0.25, -0.2) is 0 Å². The smallest absolute Gasteiger partial charge is 0.00772 e. The van der Waals surface area contributed by atoms with Crippen molar-refractivity contribution in [1.29, 1.82) is 0 Å². The highest BCUT2D eigenvalue weighted by atomic mass is 14.5. The highest BCUT2D eigenvalue weighted by Crippen LogP contribution is 2.25. The van der Waals surface area contributed by atoms with E-state index in [2.05, 4.69) is 45.9 Å². The summed E-state index contributed by atoms with van der Waals surface area (Å²) < 4.78 is 0. The zero-order valence-corrected chi connectivity index (χ0v) is 11.8. The lowest BCUT2D eigenvalue weighted by Gasteiger charge is -2.21. The van der Waals surface area contributed by atoms with Gasteiger partial charge >= 0.3 is 0 Å². The summed E-state index contributed by atoms with van der Waals surface area (Å²) in [4.78, 5) is 0. The molecule has 96 valence electrons. The quantitative estimate of drug-likeness (QED) is 0.769. The van der Waals surface area contributed by atoms with E-state index in [9.17, 15) is 0 Å². The molecule has 0 radical (unpaired) electrons. The molecular weight excluding hydrogens is 206 g/mol. The Bertz CT molecular complexity index is 347. The molecule has 0 unspecified atom stereocenters. The van der Waals surface area contributed by atoms with Gasteiger partial charge in [0.2, 0.25) is 0 Å². The highest BCUT2D eigenvalue weighted by molar-refractivity contribution is 5.35. The van der Waals surface area contributed by atoms with Crippen LogP contribution in [0.25, 0.3) is 0 Å². The molecule has 0 saturated carbocycles. The number of hydrogen-bond donors (Lipinski definition) is 1. The van der Waals surface area contributed by atoms with E-state index in [0.29, 0.717) is 0 Å². The van der Waals surface area contributed by atoms with E-state index in [1.54, 1.807) is 0 Å². The van der Waals surface area contributed by atoms with E-state index in [0.717, 1.165) is 19.4 Å². The van der Waals surface area contributed by atoms with Crippen LogP contribution in [0.1, 0.15) is 57.2 Å². The summed E-state index contributed by atoms with van der Waals surface area (Å²) >= 11 is 0. The van der Waals surface area contributed by atoms with Gasteiger partial charge in [-0.05, 0) is 54.3 Å². The Morgan fingerprint density at radius 2 is 1.76 bits per heavy atom. The highest BCUT2D eigenvalue weighted by Gasteiger charge is 2.14. The Hall–Kier alpha value is -0.820. The summed E-state index contributed by atoms with van der Waals surface area (Å²) in [6.45, 7) is 9.87. The fourth-order valence-electron chi connectivity index (χ4n) is 2.13. The summed E-state index contributed by atoms with van der Waals surface area (Å²) in [6, 6.07) is 6.99. The fourth-order valence-corrected chi connectivity index (χ4v) is 2.13. The largest absolute Gasteiger partial charge is 0.330 e. The summed E-state index contributed by atoms with van der Waals surface area (Å²) in [5.74, 6) is 0. The predicted octanol–water partition coefficient (Wildman–Crippen LogP) is 3.83. The van der Waals surface area contributed by atoms with Gasteiger partial charge in [0.05, 0.1) is 0 Å². The SMILES string of the molecule is CCc1ccc(C(C)(C)C)cc1CCCCN. The van der Waals surface area contributed by atoms with Crippen molar-refractivity contribution >= 4 is 0 Å². The molecule has 1 aromatic rings. The van der Waals surface area contributed by atoms with Crippen LogP contribution in [0, 0.1) is 0 Å². The topological polar surface area (TPSA) is 26.0 Å². The molecular formula is C16H27N. The molecule has 0 aliphatic carbocycles. The first kappa shape index (κ1) is 14.2. The number of hydrogen-bond acceptors (Lipinski definition) is 1. The van der Waals surface area contributed by atoms with Crippen LogP contribution in [-0.2, 0) is 18.3 Å². The minimum Gasteiger partial charge on any atom is -0.330 e. The molecule has 0 heterocycles. The molecule has 2 N–H and O–H groups in total. The second-order valence-corrected chi connectivity index (χ2v) is 5.83. The maximum Gasteiger partial charge on any atom is -0.00772 e. The summed E-state index contributed by atoms with van der Waals surface area (Å²) in [7, 11) is 0. The van der Waals surface area contributed by atoms with Gasteiger partial charge < -0.3 is 5.73 Å². The van der Waals surface area contributed by atoms with Crippen molar-refractivity contribution in [1.82, 2.24) is 0 Å². The van der Waals surface area contributed by atoms with Crippen LogP contribution in [0.5, 0.6) is 0 Å². The maximum absolute atomic E-state index is 5.56. The van der Waals surface area contributed by atoms with Crippen LogP contribution in [0.3, 0.4) is 0 Å². The molecule has 0 saturated heterocycles. The minimum absolute atomic E-state index is 0.245. The molecule has 1 rings (SSSR count). The van der Waals surface area contributed by atoms with E-state index in [1.165, 1.54) is 29.5 Å². The molecule has 0 spiro atoms. The van der Waals surface area contributed by atoms with Crippen LogP contribution in [0.15, 0.2) is 18.2 Å². The molecule has 0 aliphatic heterocycles. The van der Waals surface area contributed by atoms with Crippen molar-refractivity contribution < 1.29 is 0 Å². The number of benzene rings is 1. The van der Waals surface area contributed by atoms with Crippen molar-refractivity contribution in [2.24, 2.45) is 5.73 Å². The Balaban J connectivity index is 2.90. The monoisotopic (exact) mass is 233 g/mol. The van der Waals surface area contributed by atoms with E-state index in [-0.39, 0.29) is 5.41 Å². The molecule has 0 aromatic heterocycles. The van der Waals surface area contributed by atoms with Gasteiger partial charge in [0.15, 0.2) is 0 Å². The van der Waals surface area contributed by atoms with Gasteiger partial charge in [-0.15, -0.1) is 0 Å². The van der Waals surface area contributed by atoms with Crippen LogP contribution >= 0.6 is 0 Å². The van der Waals surface area contributed by atoms with Crippen LogP contribution in [0.2, 0.25) is 0 Å². The summed E-state index contributed by atoms with van der Waals surface area (Å²) in [5.41, 5.74) is 10.3. The van der Waals surface area contributed by atoms with Crippen molar-refractivity contribution in [3.63, 3.8) is 0 Å². The van der Waals surface area contributed by atoms with Crippen LogP contribution in [-0.4, -0.2) is 6.54 Å². The van der Waals surface area contributed by atoms with E-state index in [4.69, 9.17) is 5.73 Å². The zero-order valence-electron chi connectivity index (χ0n) is 11.8. The summed E-state index contributed by atoms with van der Waals surface area (Å²) in [5, 5.41) is 0. The fraction of sp³-hybridized carbons (Fsp3) is 0.625. The van der Waals surface area contributed by atoms with Gasteiger partial charge in [0.1, 0.15) is 0 Å². The van der Waals surface area contributed by atoms with E-state index in [1.807, 2.05) is 0 Å². The maximum atomic E-state index is 5.56. The molecule has 0 aliphatic rings. The molecule has 0 amide bonds. The van der Waals surface area contributed by atoms with Crippen molar-refractivity contribution in [2.45, 2.75) is 58.8 Å². The molecule has 1 heteroatoms. The van der Waals surface area contributed by atoms with Gasteiger partial charge in [0, 0.05) is 0 Å². The number of rotatable bonds is 5. The van der Waals surface area contributed by atoms with Crippen LogP contribution < -0.4 is 5.73 Å². The first-order valence-corrected chi connectivity index (χ1v) is 6.81.